The monoisotopic (exact) mass is 358 g/mol. The van der Waals surface area contributed by atoms with E-state index in [2.05, 4.69) is 38.1 Å². The van der Waals surface area contributed by atoms with E-state index < -0.39 is 0 Å². The van der Waals surface area contributed by atoms with Gasteiger partial charge in [-0.25, -0.2) is 4.68 Å². The van der Waals surface area contributed by atoms with Crippen LogP contribution in [0.5, 0.6) is 5.75 Å². The molecule has 3 N–H and O–H groups in total. The van der Waals surface area contributed by atoms with Gasteiger partial charge in [-0.2, -0.15) is 5.10 Å². The molecule has 1 unspecified atom stereocenters. The maximum absolute atomic E-state index is 12.8. The zero-order valence-electron chi connectivity index (χ0n) is 16.1. The van der Waals surface area contributed by atoms with E-state index in [0.717, 1.165) is 12.1 Å². The summed E-state index contributed by atoms with van der Waals surface area (Å²) < 4.78 is 7.51. The zero-order chi connectivity index (χ0) is 19.1. The number of carbonyl (C=O) groups is 1. The van der Waals surface area contributed by atoms with Crippen LogP contribution in [0.25, 0.3) is 5.69 Å². The number of ether oxygens (including phenoxy) is 1. The van der Waals surface area contributed by atoms with Crippen molar-refractivity contribution in [1.82, 2.24) is 15.1 Å². The minimum Gasteiger partial charge on any atom is -0.489 e. The van der Waals surface area contributed by atoms with E-state index in [4.69, 9.17) is 10.5 Å². The summed E-state index contributed by atoms with van der Waals surface area (Å²) in [6.45, 7) is 9.26. The van der Waals surface area contributed by atoms with Gasteiger partial charge in [-0.05, 0) is 30.4 Å². The molecule has 0 aliphatic rings. The van der Waals surface area contributed by atoms with Gasteiger partial charge in [-0.1, -0.05) is 45.9 Å². The molecule has 1 aromatic carbocycles. The Kier molecular flexibility index (Phi) is 7.21. The minimum atomic E-state index is -0.255. The molecule has 2 rings (SSSR count). The Morgan fingerprint density at radius 1 is 1.19 bits per heavy atom. The molecule has 26 heavy (non-hydrogen) atoms. The molecule has 0 fully saturated rings. The van der Waals surface area contributed by atoms with E-state index >= 15 is 0 Å². The molecule has 1 aromatic heterocycles. The van der Waals surface area contributed by atoms with E-state index in [-0.39, 0.29) is 17.6 Å². The van der Waals surface area contributed by atoms with E-state index in [1.807, 2.05) is 30.3 Å². The van der Waals surface area contributed by atoms with Gasteiger partial charge < -0.3 is 15.8 Å². The van der Waals surface area contributed by atoms with Crippen LogP contribution in [0.1, 0.15) is 44.6 Å². The molecule has 1 heterocycles. The maximum Gasteiger partial charge on any atom is 0.275 e. The van der Waals surface area contributed by atoms with E-state index in [1.165, 1.54) is 0 Å². The highest BCUT2D eigenvalue weighted by molar-refractivity contribution is 5.95. The van der Waals surface area contributed by atoms with Gasteiger partial charge >= 0.3 is 0 Å². The highest BCUT2D eigenvalue weighted by atomic mass is 16.5. The normalized spacial score (nSPS) is 12.4. The quantitative estimate of drug-likeness (QED) is 0.722. The standard InChI is InChI=1S/C20H30N4O2/c1-14(2)10-16(11-21)22-20(25)19-18(26-13-15(3)4)12-24(23-19)17-8-6-5-7-9-17/h5-9,12,14-16H,10-11,13,21H2,1-4H3,(H,22,25). The van der Waals surface area contributed by atoms with Crippen LogP contribution >= 0.6 is 0 Å². The number of hydrogen-bond donors (Lipinski definition) is 2. The summed E-state index contributed by atoms with van der Waals surface area (Å²) >= 11 is 0. The van der Waals surface area contributed by atoms with Crippen LogP contribution in [-0.2, 0) is 0 Å². The van der Waals surface area contributed by atoms with E-state index in [0.29, 0.717) is 30.7 Å². The maximum atomic E-state index is 12.8. The lowest BCUT2D eigenvalue weighted by Crippen LogP contribution is -2.41. The van der Waals surface area contributed by atoms with Gasteiger partial charge in [0.25, 0.3) is 5.91 Å². The molecule has 0 aliphatic carbocycles. The number of nitrogens with zero attached hydrogens (tertiary/aromatic N) is 2. The lowest BCUT2D eigenvalue weighted by molar-refractivity contribution is 0.0923. The highest BCUT2D eigenvalue weighted by Gasteiger charge is 2.22. The van der Waals surface area contributed by atoms with Crippen LogP contribution in [0, 0.1) is 11.8 Å². The van der Waals surface area contributed by atoms with Gasteiger partial charge in [-0.15, -0.1) is 0 Å². The smallest absolute Gasteiger partial charge is 0.275 e. The van der Waals surface area contributed by atoms with Crippen molar-refractivity contribution in [3.05, 3.63) is 42.2 Å². The van der Waals surface area contributed by atoms with Gasteiger partial charge in [0.1, 0.15) is 0 Å². The fraction of sp³-hybridized carbons (Fsp3) is 0.500. The highest BCUT2D eigenvalue weighted by Crippen LogP contribution is 2.21. The molecule has 0 aliphatic heterocycles. The number of rotatable bonds is 9. The van der Waals surface area contributed by atoms with Crippen LogP contribution in [0.2, 0.25) is 0 Å². The molecule has 1 atom stereocenters. The van der Waals surface area contributed by atoms with Crippen LogP contribution in [0.15, 0.2) is 36.5 Å². The Hall–Kier alpha value is -2.34. The van der Waals surface area contributed by atoms with Crippen molar-refractivity contribution in [2.24, 2.45) is 17.6 Å². The Balaban J connectivity index is 2.26. The molecule has 0 saturated heterocycles. The van der Waals surface area contributed by atoms with Crippen molar-refractivity contribution in [1.29, 1.82) is 0 Å². The third-order valence-electron chi connectivity index (χ3n) is 3.86. The molecule has 0 spiro atoms. The van der Waals surface area contributed by atoms with Crippen molar-refractivity contribution in [3.8, 4) is 11.4 Å². The number of aromatic nitrogens is 2. The zero-order valence-corrected chi connectivity index (χ0v) is 16.1. The van der Waals surface area contributed by atoms with Crippen molar-refractivity contribution in [2.45, 2.75) is 40.2 Å². The molecular formula is C20H30N4O2. The van der Waals surface area contributed by atoms with E-state index in [9.17, 15) is 4.79 Å². The SMILES string of the molecule is CC(C)COc1cn(-c2ccccc2)nc1C(=O)NC(CN)CC(C)C. The van der Waals surface area contributed by atoms with Gasteiger partial charge in [0.2, 0.25) is 0 Å². The molecule has 0 radical (unpaired) electrons. The second-order valence-electron chi connectivity index (χ2n) is 7.36. The molecule has 6 heteroatoms. The molecule has 0 bridgehead atoms. The second-order valence-corrected chi connectivity index (χ2v) is 7.36. The summed E-state index contributed by atoms with van der Waals surface area (Å²) in [4.78, 5) is 12.8. The van der Waals surface area contributed by atoms with Gasteiger partial charge in [0, 0.05) is 12.6 Å². The molecule has 2 aromatic rings. The lowest BCUT2D eigenvalue weighted by atomic mass is 10.0. The van der Waals surface area contributed by atoms with E-state index in [1.54, 1.807) is 10.9 Å². The van der Waals surface area contributed by atoms with Crippen molar-refractivity contribution < 1.29 is 9.53 Å². The predicted molar refractivity (Wildman–Crippen MR) is 104 cm³/mol. The average Bonchev–Trinajstić information content (AvgIpc) is 3.04. The fourth-order valence-electron chi connectivity index (χ4n) is 2.63. The molecule has 6 nitrogen and oxygen atoms in total. The van der Waals surface area contributed by atoms with Crippen molar-refractivity contribution in [3.63, 3.8) is 0 Å². The van der Waals surface area contributed by atoms with Crippen LogP contribution in [0.3, 0.4) is 0 Å². The molecule has 0 saturated carbocycles. The number of para-hydroxylation sites is 1. The predicted octanol–water partition coefficient (Wildman–Crippen LogP) is 3.01. The van der Waals surface area contributed by atoms with Crippen LogP contribution in [0.4, 0.5) is 0 Å². The second kappa shape index (κ2) is 9.38. The number of nitrogens with one attached hydrogen (secondary N) is 1. The van der Waals surface area contributed by atoms with Crippen molar-refractivity contribution in [2.75, 3.05) is 13.2 Å². The number of benzene rings is 1. The first-order valence-corrected chi connectivity index (χ1v) is 9.19. The Bertz CT molecular complexity index is 695. The summed E-state index contributed by atoms with van der Waals surface area (Å²) in [6, 6.07) is 9.58. The largest absolute Gasteiger partial charge is 0.489 e. The Labute approximate surface area is 155 Å². The summed E-state index contributed by atoms with van der Waals surface area (Å²) in [5.74, 6) is 1.03. The molecular weight excluding hydrogens is 328 g/mol. The summed E-state index contributed by atoms with van der Waals surface area (Å²) in [5.41, 5.74) is 6.97. The lowest BCUT2D eigenvalue weighted by Gasteiger charge is -2.18. The summed E-state index contributed by atoms with van der Waals surface area (Å²) in [7, 11) is 0. The molecule has 1 amide bonds. The first kappa shape index (κ1) is 20.0. The Morgan fingerprint density at radius 3 is 2.46 bits per heavy atom. The first-order valence-electron chi connectivity index (χ1n) is 9.19. The first-order chi connectivity index (χ1) is 12.4. The van der Waals surface area contributed by atoms with Gasteiger partial charge in [-0.3, -0.25) is 4.79 Å². The number of carbonyl (C=O) groups excluding carboxylic acids is 1. The summed E-state index contributed by atoms with van der Waals surface area (Å²) in [5, 5.41) is 7.45. The molecule has 142 valence electrons. The van der Waals surface area contributed by atoms with Crippen LogP contribution < -0.4 is 15.8 Å². The van der Waals surface area contributed by atoms with Gasteiger partial charge in [0.15, 0.2) is 11.4 Å². The fourth-order valence-corrected chi connectivity index (χ4v) is 2.63. The topological polar surface area (TPSA) is 82.2 Å². The third kappa shape index (κ3) is 5.59. The Morgan fingerprint density at radius 2 is 1.88 bits per heavy atom. The summed E-state index contributed by atoms with van der Waals surface area (Å²) in [6.07, 6.45) is 2.58. The van der Waals surface area contributed by atoms with Crippen molar-refractivity contribution >= 4 is 5.91 Å². The van der Waals surface area contributed by atoms with Gasteiger partial charge in [0.05, 0.1) is 18.5 Å². The number of nitrogens with two attached hydrogens (primary N) is 1. The minimum absolute atomic E-state index is 0.0812. The van der Waals surface area contributed by atoms with Crippen LogP contribution in [-0.4, -0.2) is 34.9 Å². The number of amides is 1. The average molecular weight is 358 g/mol. The number of hydrogen-bond acceptors (Lipinski definition) is 4. The third-order valence-corrected chi connectivity index (χ3v) is 3.86.